The number of hydrogen-bond donors (Lipinski definition) is 6. The Morgan fingerprint density at radius 2 is 0.662 bits per heavy atom. The van der Waals surface area contributed by atoms with Crippen molar-refractivity contribution in [3.8, 4) is 33.6 Å². The summed E-state index contributed by atoms with van der Waals surface area (Å²) < 4.78 is 69.1. The van der Waals surface area contributed by atoms with Gasteiger partial charge in [-0.2, -0.15) is 0 Å². The molecule has 0 radical (unpaired) electrons. The molecule has 0 bridgehead atoms. The molecule has 6 aromatic carbocycles. The first-order valence-electron chi connectivity index (χ1n) is 51.3. The zero-order valence-electron chi connectivity index (χ0n) is 88.2. The summed E-state index contributed by atoms with van der Waals surface area (Å²) >= 11 is 6.99. The van der Waals surface area contributed by atoms with Gasteiger partial charge in [0.2, 0.25) is 23.6 Å². The largest absolute Gasteiger partial charge is 0.488 e. The minimum absolute atomic E-state index is 0.0622. The number of allylic oxidation sites excluding steroid dienone is 2. The van der Waals surface area contributed by atoms with Crippen LogP contribution < -0.4 is 21.3 Å². The summed E-state index contributed by atoms with van der Waals surface area (Å²) in [5.41, 5.74) is 10.9. The van der Waals surface area contributed by atoms with Crippen LogP contribution in [0.25, 0.3) is 66.3 Å². The number of aliphatic imine (C=N–C) groups is 2. The minimum atomic E-state index is -0.894. The molecule has 20 rings (SSSR count). The number of halogens is 2. The fourth-order valence-corrected chi connectivity index (χ4v) is 21.9. The maximum absolute atomic E-state index is 14.0. The Labute approximate surface area is 882 Å². The van der Waals surface area contributed by atoms with E-state index in [9.17, 15) is 38.4 Å². The second-order valence-electron chi connectivity index (χ2n) is 44.5. The normalized spacial score (nSPS) is 22.7. The third-order valence-corrected chi connectivity index (χ3v) is 32.8. The summed E-state index contributed by atoms with van der Waals surface area (Å²) in [6, 6.07) is 38.2. The van der Waals surface area contributed by atoms with E-state index in [1.165, 1.54) is 33.8 Å². The topological polar surface area (TPSA) is 390 Å². The number of imidazole rings is 2. The van der Waals surface area contributed by atoms with Crippen molar-refractivity contribution in [2.45, 2.75) is 257 Å². The number of methoxy groups -OCH3 is 4. The number of nitrogens with one attached hydrogen (secondary N) is 6. The third kappa shape index (κ3) is 23.2. The zero-order valence-corrected chi connectivity index (χ0v) is 91.3. The summed E-state index contributed by atoms with van der Waals surface area (Å²) in [5, 5.41) is 15.4. The molecule has 6 N–H and O–H groups in total. The lowest BCUT2D eigenvalue weighted by atomic mass is 9.49. The number of carbonyl (C=O) groups excluding carboxylic acids is 8. The molecule has 8 atom stereocenters. The zero-order chi connectivity index (χ0) is 106. The van der Waals surface area contributed by atoms with Gasteiger partial charge in [0.25, 0.3) is 0 Å². The predicted molar refractivity (Wildman–Crippen MR) is 570 cm³/mol. The average Bonchev–Trinajstić information content (AvgIpc) is 1.60. The van der Waals surface area contributed by atoms with Crippen LogP contribution in [0.3, 0.4) is 0 Å². The number of amides is 8. The first kappa shape index (κ1) is 108. The van der Waals surface area contributed by atoms with Crippen molar-refractivity contribution < 1.29 is 94.9 Å². The highest BCUT2D eigenvalue weighted by Crippen LogP contribution is 2.60. The van der Waals surface area contributed by atoms with Crippen LogP contribution in [0.1, 0.15) is 210 Å². The maximum atomic E-state index is 14.0. The molecule has 8 aromatic rings. The molecule has 8 amide bonds. The first-order valence-corrected chi connectivity index (χ1v) is 52.9. The number of aromatic nitrogens is 4. The SMILES string of the molecule is CC1(C)OB(B2OC(C)(C)C(C)(C)O2)OC1(C)C.COC(=O)N[C@H](C(=O)N1CC2(CC2)C[C@H]1c1ncc(-c2ccc3cc(Br)ccc3c2)[nH]1)C(C)C.COC(=O)N[C@H](C(=O)N1CC2(C[C@H]1C1=NC=C(c3ccc(-c4ccc5cc(-c6cnc([C@@H]7CC8(CC8)CN7C(=O)[C@@H](NC(=O)OC)C(C)C)[nH]6)ccc5c4)cc3)C1)OCCO2)C(C)C.COC(=O)N[C@H](C(=O)N1CC2(C[C@H]1C1=NC=C(c3ccc(Br)cc3)C1)OCCO2)C(C)C. The van der Waals surface area contributed by atoms with Crippen molar-refractivity contribution in [2.24, 2.45) is 44.5 Å². The van der Waals surface area contributed by atoms with E-state index in [1.807, 2.05) is 176 Å². The van der Waals surface area contributed by atoms with E-state index in [0.717, 1.165) is 143 Å². The molecule has 38 heteroatoms. The third-order valence-electron chi connectivity index (χ3n) is 31.8. The summed E-state index contributed by atoms with van der Waals surface area (Å²) in [6.07, 6.45) is 13.3. The predicted octanol–water partition coefficient (Wildman–Crippen LogP) is 18.3. The molecule has 0 unspecified atom stereocenters. The number of nitrogens with zero attached hydrogens (tertiary/aromatic N) is 8. The first-order chi connectivity index (χ1) is 70.3. The standard InChI is InChI=1S/C49H57N7O8.C26H29BrN4O3.C23H28BrN3O5.C12H24B2O4/c1-28(2)41(53-46(59)61-5)44(57)55-26-48(15-16-48)22-40(55)43-51-25-38(52-43)35-14-13-33-19-32(11-12-34(33)20-35)30-7-9-31(10-8-30)36-21-37(50-24-36)39-23-49(63-17-18-64-49)27-56(39)45(58)42(29(3)4)54-47(60)62-6;1-15(2)22(30-25(33)34-3)24(32)31-14-26(8-9-26)12-21(31)23-28-13-20(29-23)18-5-4-17-11-19(27)7-6-16(17)10-18;1-14(2)20(26-22(29)30-3)21(28)27-13-23(31-8-9-32-23)11-19(27)18-10-16(12-25-18)15-4-6-17(24)7-5-15;1-9(2)10(3,4)16-13(15-9)14-17-11(5,6)12(7,8)18-14/h7-14,19-20,24-25,28-29,39-42H,15-18,21-23,26-27H2,1-6H3,(H,51,52)(H,53,59)(H,54,60);4-7,10-11,13,15,21-22H,8-9,12,14H2,1-3H3,(H,28,29)(H,30,33);4-7,12,14,19-20H,8-11,13H2,1-3H3,(H,26,29);1-8H3/t39-,40-,41-,42-;21-,22-;19-,20-;/m000./s1. The van der Waals surface area contributed by atoms with Crippen molar-refractivity contribution in [2.75, 3.05) is 81.0 Å². The minimum Gasteiger partial charge on any atom is -0.453 e. The maximum Gasteiger partial charge on any atom is 0.488 e. The van der Waals surface area contributed by atoms with Gasteiger partial charge in [0.05, 0.1) is 138 Å². The second-order valence-corrected chi connectivity index (χ2v) is 46.3. The summed E-state index contributed by atoms with van der Waals surface area (Å²) in [6.45, 7) is 35.3. The molecule has 12 aliphatic rings. The van der Waals surface area contributed by atoms with Crippen LogP contribution in [-0.4, -0.2) is 264 Å². The lowest BCUT2D eigenvalue weighted by molar-refractivity contribution is -0.153. The molecule has 2 saturated carbocycles. The quantitative estimate of drug-likeness (QED) is 0.0271. The van der Waals surface area contributed by atoms with Gasteiger partial charge in [-0.1, -0.05) is 166 Å². The molecule has 34 nitrogen and oxygen atoms in total. The highest BCUT2D eigenvalue weighted by Gasteiger charge is 2.65. The van der Waals surface area contributed by atoms with Gasteiger partial charge in [-0.05, 0) is 226 Å². The van der Waals surface area contributed by atoms with E-state index in [-0.39, 0.29) is 111 Å². The lowest BCUT2D eigenvalue weighted by Gasteiger charge is -2.32. The van der Waals surface area contributed by atoms with Gasteiger partial charge in [0, 0.05) is 82.7 Å². The van der Waals surface area contributed by atoms with Crippen molar-refractivity contribution in [3.63, 3.8) is 0 Å². The van der Waals surface area contributed by atoms with Crippen molar-refractivity contribution in [3.05, 3.63) is 178 Å². The van der Waals surface area contributed by atoms with Crippen LogP contribution in [0.15, 0.2) is 165 Å². The van der Waals surface area contributed by atoms with Gasteiger partial charge in [0.15, 0.2) is 11.6 Å². The van der Waals surface area contributed by atoms with E-state index >= 15 is 0 Å². The molecule has 788 valence electrons. The van der Waals surface area contributed by atoms with Crippen molar-refractivity contribution >= 4 is 138 Å². The number of benzene rings is 6. The molecular weight excluding hydrogens is 2020 g/mol. The van der Waals surface area contributed by atoms with Crippen LogP contribution in [0.2, 0.25) is 0 Å². The molecule has 10 fully saturated rings. The summed E-state index contributed by atoms with van der Waals surface area (Å²) in [7, 11) is 4.23. The van der Waals surface area contributed by atoms with Gasteiger partial charge in [-0.25, -0.2) is 29.1 Å². The van der Waals surface area contributed by atoms with Crippen LogP contribution in [0, 0.1) is 34.5 Å². The van der Waals surface area contributed by atoms with Crippen LogP contribution in [0.4, 0.5) is 19.2 Å². The van der Waals surface area contributed by atoms with Crippen LogP contribution >= 0.6 is 31.9 Å². The number of alkyl carbamates (subject to hydrolysis) is 4. The van der Waals surface area contributed by atoms with Crippen LogP contribution in [0.5, 0.6) is 0 Å². The van der Waals surface area contributed by atoms with Gasteiger partial charge >= 0.3 is 38.4 Å². The van der Waals surface area contributed by atoms with Gasteiger partial charge in [-0.15, -0.1) is 0 Å². The van der Waals surface area contributed by atoms with Crippen LogP contribution in [-0.2, 0) is 75.7 Å². The number of hydrogen-bond acceptors (Lipinski definition) is 24. The number of likely N-dealkylation sites (tertiary alicyclic amines) is 4. The summed E-state index contributed by atoms with van der Waals surface area (Å²) in [4.78, 5) is 137. The molecule has 2 aliphatic carbocycles. The molecule has 12 heterocycles. The van der Waals surface area contributed by atoms with Gasteiger partial charge in [-0.3, -0.25) is 29.2 Å². The van der Waals surface area contributed by atoms with Crippen molar-refractivity contribution in [1.82, 2.24) is 60.8 Å². The number of fused-ring (bicyclic) bond motifs is 2. The molecule has 10 aliphatic heterocycles. The van der Waals surface area contributed by atoms with Crippen molar-refractivity contribution in [1.29, 1.82) is 0 Å². The molecule has 148 heavy (non-hydrogen) atoms. The number of ether oxygens (including phenoxy) is 8. The van der Waals surface area contributed by atoms with E-state index in [4.69, 9.17) is 76.5 Å². The number of aromatic amines is 2. The molecular formula is C110H138B2Br2N14O20. The number of rotatable bonds is 22. The average molecular weight is 2160 g/mol. The second kappa shape index (κ2) is 43.3. The van der Waals surface area contributed by atoms with Gasteiger partial charge < -0.3 is 107 Å². The highest BCUT2D eigenvalue weighted by atomic mass is 79.9. The fraction of sp³-hybridized carbons (Fsp3) is 0.527. The molecule has 2 aromatic heterocycles. The van der Waals surface area contributed by atoms with Gasteiger partial charge in [0.1, 0.15) is 35.8 Å². The van der Waals surface area contributed by atoms with E-state index in [2.05, 4.69) is 154 Å². The van der Waals surface area contributed by atoms with E-state index in [1.54, 1.807) is 9.80 Å². The number of H-pyrrole nitrogens is 2. The molecule has 8 saturated heterocycles. The summed E-state index contributed by atoms with van der Waals surface area (Å²) in [5.74, 6) is -1.23. The Balaban J connectivity index is 0.000000149. The Morgan fingerprint density at radius 3 is 0.993 bits per heavy atom. The Morgan fingerprint density at radius 1 is 0.372 bits per heavy atom. The Bertz CT molecular complexity index is 6370. The van der Waals surface area contributed by atoms with E-state index < -0.39 is 74.1 Å². The Hall–Kier alpha value is -11.2. The molecule has 4 spiro atoms. The monoisotopic (exact) mass is 2150 g/mol. The fourth-order valence-electron chi connectivity index (χ4n) is 21.3. The number of carbonyl (C=O) groups is 8. The highest BCUT2D eigenvalue weighted by molar-refractivity contribution is 9.10. The Kier molecular flexibility index (Phi) is 31.6. The lowest BCUT2D eigenvalue weighted by Crippen LogP contribution is -2.54. The van der Waals surface area contributed by atoms with E-state index in [0.29, 0.717) is 71.7 Å². The smallest absolute Gasteiger partial charge is 0.453 e.